The first kappa shape index (κ1) is 51.5. The highest BCUT2D eigenvalue weighted by atomic mass is 16.3. The summed E-state index contributed by atoms with van der Waals surface area (Å²) in [5.41, 5.74) is 8.53. The van der Waals surface area contributed by atoms with E-state index in [1.54, 1.807) is 0 Å². The first-order valence-electron chi connectivity index (χ1n) is 26.8. The second kappa shape index (κ2) is 23.2. The molecule has 6 heterocycles. The second-order valence-corrected chi connectivity index (χ2v) is 22.5. The van der Waals surface area contributed by atoms with Crippen LogP contribution in [0.25, 0.3) is 0 Å². The third-order valence-corrected chi connectivity index (χ3v) is 17.1. The Kier molecular flexibility index (Phi) is 17.1. The lowest BCUT2D eigenvalue weighted by Gasteiger charge is -2.38. The van der Waals surface area contributed by atoms with Gasteiger partial charge in [-0.2, -0.15) is 0 Å². The van der Waals surface area contributed by atoms with Crippen molar-refractivity contribution in [1.29, 1.82) is 0 Å². The van der Waals surface area contributed by atoms with Crippen LogP contribution in [0.2, 0.25) is 0 Å². The molecule has 3 aromatic carbocycles. The Morgan fingerprint density at radius 3 is 0.714 bits per heavy atom. The lowest BCUT2D eigenvalue weighted by Crippen LogP contribution is -2.44. The fourth-order valence-electron chi connectivity index (χ4n) is 11.7. The predicted molar refractivity (Wildman–Crippen MR) is 282 cm³/mol. The zero-order valence-electron chi connectivity index (χ0n) is 43.9. The van der Waals surface area contributed by atoms with E-state index in [1.807, 2.05) is 0 Å². The number of hydrogen-bond donors (Lipinski definition) is 4. The van der Waals surface area contributed by atoms with E-state index in [2.05, 4.69) is 138 Å². The van der Waals surface area contributed by atoms with Gasteiger partial charge in [0.05, 0.1) is 0 Å². The minimum absolute atomic E-state index is 0.415. The first-order chi connectivity index (χ1) is 33.8. The van der Waals surface area contributed by atoms with Gasteiger partial charge in [-0.05, 0) is 95.3 Å². The number of nitrogens with one attached hydrogen (secondary N) is 1. The molecule has 15 heteroatoms. The van der Waals surface area contributed by atoms with Crippen LogP contribution in [0.1, 0.15) is 57.0 Å². The van der Waals surface area contributed by atoms with E-state index in [0.717, 1.165) is 207 Å². The Balaban J connectivity index is 1.24. The van der Waals surface area contributed by atoms with Gasteiger partial charge in [-0.3, -0.25) is 29.4 Å². The van der Waals surface area contributed by atoms with E-state index in [9.17, 15) is 15.3 Å². The van der Waals surface area contributed by atoms with Crippen LogP contribution in [-0.4, -0.2) is 262 Å². The van der Waals surface area contributed by atoms with Crippen LogP contribution >= 0.6 is 0 Å². The third-order valence-electron chi connectivity index (χ3n) is 17.1. The minimum Gasteiger partial charge on any atom is -0.507 e. The average Bonchev–Trinajstić information content (AvgIpc) is 3.36. The number of hydrogen-bond acceptors (Lipinski definition) is 15. The number of piperazine rings is 6. The molecular weight excluding hydrogens is 877 g/mol. The zero-order chi connectivity index (χ0) is 48.9. The molecule has 0 aliphatic carbocycles. The third kappa shape index (κ3) is 12.5. The molecule has 3 aromatic rings. The molecule has 0 unspecified atom stereocenters. The fourth-order valence-corrected chi connectivity index (χ4v) is 11.7. The first-order valence-corrected chi connectivity index (χ1v) is 26.8. The van der Waals surface area contributed by atoms with Gasteiger partial charge in [0.15, 0.2) is 0 Å². The summed E-state index contributed by atoms with van der Waals surface area (Å²) in [5.74, 6) is 1.25. The summed E-state index contributed by atoms with van der Waals surface area (Å²) in [7, 11) is 11.0. The van der Waals surface area contributed by atoms with Gasteiger partial charge in [0.2, 0.25) is 0 Å². The Bertz CT molecular complexity index is 1990. The van der Waals surface area contributed by atoms with Crippen LogP contribution in [-0.2, 0) is 44.7 Å². The van der Waals surface area contributed by atoms with Gasteiger partial charge >= 0.3 is 0 Å². The fraction of sp³-hybridized carbons (Fsp3) is 0.673. The van der Waals surface area contributed by atoms with Crippen LogP contribution in [0.4, 0.5) is 0 Å². The largest absolute Gasteiger partial charge is 0.507 e. The Morgan fingerprint density at radius 2 is 0.514 bits per heavy atom. The van der Waals surface area contributed by atoms with E-state index in [4.69, 9.17) is 0 Å². The van der Waals surface area contributed by atoms with E-state index < -0.39 is 5.41 Å². The van der Waals surface area contributed by atoms with Crippen LogP contribution in [0, 0.1) is 0 Å². The molecular formula is C55H88N12O3. The van der Waals surface area contributed by atoms with Crippen LogP contribution in [0.15, 0.2) is 36.4 Å². The van der Waals surface area contributed by atoms with Gasteiger partial charge in [0, 0.05) is 235 Å². The van der Waals surface area contributed by atoms with Gasteiger partial charge < -0.3 is 45.1 Å². The monoisotopic (exact) mass is 965 g/mol. The van der Waals surface area contributed by atoms with Crippen molar-refractivity contribution in [1.82, 2.24) is 59.2 Å². The molecule has 0 saturated carbocycles. The highest BCUT2D eigenvalue weighted by molar-refractivity contribution is 5.60. The Morgan fingerprint density at radius 1 is 0.329 bits per heavy atom. The van der Waals surface area contributed by atoms with E-state index in [1.165, 1.54) is 0 Å². The van der Waals surface area contributed by atoms with Crippen molar-refractivity contribution in [2.24, 2.45) is 0 Å². The molecule has 0 radical (unpaired) electrons. The molecule has 6 aliphatic heterocycles. The summed E-state index contributed by atoms with van der Waals surface area (Å²) in [6.45, 7) is 29.8. The SMILES string of the molecule is CN1CCN(Cc2cc(C(C)(c3cc(CN4CCN(C)CC4)c(O)c(CN4CCN(C)CC4)c3)c3cc(CN4CCN(C)CC4)c(O)c(CN4CCN(C)CC4)c3)cc(CN3CCNCC3)c2O)CC1. The Hall–Kier alpha value is -3.42. The van der Waals surface area contributed by atoms with Gasteiger partial charge in [0.25, 0.3) is 0 Å². The topological polar surface area (TPSA) is 108 Å². The summed E-state index contributed by atoms with van der Waals surface area (Å²) in [6, 6.07) is 14.0. The maximum absolute atomic E-state index is 12.5. The van der Waals surface area contributed by atoms with E-state index >= 15 is 0 Å². The molecule has 0 aromatic heterocycles. The summed E-state index contributed by atoms with van der Waals surface area (Å²) in [6.07, 6.45) is 0. The van der Waals surface area contributed by atoms with Crippen molar-refractivity contribution in [3.05, 3.63) is 86.5 Å². The smallest absolute Gasteiger partial charge is 0.124 e. The maximum atomic E-state index is 12.5. The second-order valence-electron chi connectivity index (χ2n) is 22.5. The molecule has 6 aliphatic rings. The predicted octanol–water partition coefficient (Wildman–Crippen LogP) is 2.30. The van der Waals surface area contributed by atoms with Crippen molar-refractivity contribution < 1.29 is 15.3 Å². The van der Waals surface area contributed by atoms with Crippen LogP contribution < -0.4 is 5.32 Å². The highest BCUT2D eigenvalue weighted by Crippen LogP contribution is 2.46. The molecule has 386 valence electrons. The van der Waals surface area contributed by atoms with Crippen LogP contribution in [0.3, 0.4) is 0 Å². The number of likely N-dealkylation sites (N-methyl/N-ethyl adjacent to an activating group) is 5. The van der Waals surface area contributed by atoms with Gasteiger partial charge in [-0.1, -0.05) is 0 Å². The number of aromatic hydroxyl groups is 3. The number of benzene rings is 3. The minimum atomic E-state index is -0.744. The lowest BCUT2D eigenvalue weighted by molar-refractivity contribution is 0.144. The van der Waals surface area contributed by atoms with Crippen molar-refractivity contribution in [3.63, 3.8) is 0 Å². The maximum Gasteiger partial charge on any atom is 0.124 e. The summed E-state index contributed by atoms with van der Waals surface area (Å²) in [5, 5.41) is 41.1. The van der Waals surface area contributed by atoms with Crippen molar-refractivity contribution in [2.75, 3.05) is 192 Å². The van der Waals surface area contributed by atoms with Crippen LogP contribution in [0.5, 0.6) is 17.2 Å². The van der Waals surface area contributed by atoms with Crippen molar-refractivity contribution in [2.45, 2.75) is 51.6 Å². The molecule has 6 fully saturated rings. The number of phenols is 3. The van der Waals surface area contributed by atoms with Gasteiger partial charge in [0.1, 0.15) is 17.2 Å². The number of nitrogens with zero attached hydrogens (tertiary/aromatic N) is 11. The average molecular weight is 965 g/mol. The summed E-state index contributed by atoms with van der Waals surface area (Å²) >= 11 is 0. The molecule has 0 bridgehead atoms. The zero-order valence-corrected chi connectivity index (χ0v) is 43.9. The molecule has 9 rings (SSSR count). The number of phenolic OH excluding ortho intramolecular Hbond substituents is 3. The molecule has 0 atom stereocenters. The van der Waals surface area contributed by atoms with Crippen molar-refractivity contribution in [3.8, 4) is 17.2 Å². The summed E-state index contributed by atoms with van der Waals surface area (Å²) in [4.78, 5) is 27.0. The quantitative estimate of drug-likeness (QED) is 0.168. The molecule has 4 N–H and O–H groups in total. The Labute approximate surface area is 420 Å². The normalized spacial score (nSPS) is 22.9. The molecule has 6 saturated heterocycles. The molecule has 0 spiro atoms. The van der Waals surface area contributed by atoms with Crippen molar-refractivity contribution >= 4 is 0 Å². The molecule has 15 nitrogen and oxygen atoms in total. The lowest BCUT2D eigenvalue weighted by atomic mass is 9.68. The summed E-state index contributed by atoms with van der Waals surface area (Å²) < 4.78 is 0. The molecule has 70 heavy (non-hydrogen) atoms. The number of rotatable bonds is 15. The van der Waals surface area contributed by atoms with Gasteiger partial charge in [-0.15, -0.1) is 0 Å². The van der Waals surface area contributed by atoms with E-state index in [-0.39, 0.29) is 0 Å². The standard InChI is InChI=1S/C55H88N12O3/c1-55(49-31-43(37-62-9-7-56-8-10-62)52(68)44(32-49)38-63-21-11-57(2)12-22-63,50-33-45(39-64-23-13-58(3)14-24-64)53(69)46(34-50)40-65-25-15-59(4)16-26-65)51-35-47(41-66-27-17-60(5)18-28-66)54(70)48(36-51)42-67-29-19-61(6)20-30-67/h31-36,56,68-70H,7-30,37-42H2,1-6H3. The van der Waals surface area contributed by atoms with E-state index in [0.29, 0.717) is 56.5 Å². The highest BCUT2D eigenvalue weighted by Gasteiger charge is 2.37. The molecule has 0 amide bonds. The van der Waals surface area contributed by atoms with Gasteiger partial charge in [-0.25, -0.2) is 0 Å².